The van der Waals surface area contributed by atoms with E-state index < -0.39 is 5.97 Å². The van der Waals surface area contributed by atoms with Crippen molar-refractivity contribution in [1.82, 2.24) is 4.98 Å². The number of pyridine rings is 1. The molecule has 0 amide bonds. The van der Waals surface area contributed by atoms with Gasteiger partial charge < -0.3 is 5.11 Å². The fourth-order valence-corrected chi connectivity index (χ4v) is 1.52. The van der Waals surface area contributed by atoms with Gasteiger partial charge in [0, 0.05) is 11.6 Å². The molecule has 2 aromatic rings. The van der Waals surface area contributed by atoms with Crippen LogP contribution in [0.25, 0.3) is 10.9 Å². The molecule has 2 rings (SSSR count). The molecule has 14 heavy (non-hydrogen) atoms. The van der Waals surface area contributed by atoms with Crippen LogP contribution in [-0.4, -0.2) is 16.1 Å². The quantitative estimate of drug-likeness (QED) is 0.782. The summed E-state index contributed by atoms with van der Waals surface area (Å²) >= 11 is 5.90. The molecule has 0 aliphatic carbocycles. The Labute approximate surface area is 85.0 Å². The molecule has 0 aliphatic heterocycles. The fraction of sp³-hybridized carbons (Fsp3) is 0. The van der Waals surface area contributed by atoms with Crippen molar-refractivity contribution in [3.8, 4) is 0 Å². The Kier molecular flexibility index (Phi) is 2.09. The van der Waals surface area contributed by atoms with Gasteiger partial charge in [0.2, 0.25) is 0 Å². The molecule has 1 aromatic carbocycles. The zero-order valence-electron chi connectivity index (χ0n) is 7.07. The van der Waals surface area contributed by atoms with E-state index >= 15 is 0 Å². The van der Waals surface area contributed by atoms with Gasteiger partial charge in [0.1, 0.15) is 0 Å². The largest absolute Gasteiger partial charge is 0.478 e. The number of halogens is 1. The molecule has 0 saturated carbocycles. The van der Waals surface area contributed by atoms with Crippen molar-refractivity contribution >= 4 is 28.5 Å². The summed E-state index contributed by atoms with van der Waals surface area (Å²) in [6.45, 7) is 0. The normalized spacial score (nSPS) is 10.4. The number of para-hydroxylation sites is 1. The fourth-order valence-electron chi connectivity index (χ4n) is 1.31. The standard InChI is InChI=1S/C10H6ClNO2/c11-8-4-5-12-9-6(8)2-1-3-7(9)10(13)14/h1-5H,(H,13,14). The second kappa shape index (κ2) is 3.27. The SMILES string of the molecule is O=C(O)c1cccc2c(Cl)ccnc12. The van der Waals surface area contributed by atoms with Gasteiger partial charge in [0.25, 0.3) is 0 Å². The maximum Gasteiger partial charge on any atom is 0.337 e. The number of hydrogen-bond donors (Lipinski definition) is 1. The molecule has 0 spiro atoms. The first-order valence-corrected chi connectivity index (χ1v) is 4.34. The molecule has 1 N–H and O–H groups in total. The lowest BCUT2D eigenvalue weighted by molar-refractivity contribution is 0.0699. The number of fused-ring (bicyclic) bond motifs is 1. The van der Waals surface area contributed by atoms with Gasteiger partial charge in [-0.15, -0.1) is 0 Å². The number of carboxylic acid groups (broad SMARTS) is 1. The summed E-state index contributed by atoms with van der Waals surface area (Å²) < 4.78 is 0. The van der Waals surface area contributed by atoms with Crippen LogP contribution in [0, 0.1) is 0 Å². The molecular weight excluding hydrogens is 202 g/mol. The van der Waals surface area contributed by atoms with E-state index in [2.05, 4.69) is 4.98 Å². The number of carbonyl (C=O) groups is 1. The van der Waals surface area contributed by atoms with Crippen molar-refractivity contribution in [3.05, 3.63) is 41.0 Å². The lowest BCUT2D eigenvalue weighted by Gasteiger charge is -2.01. The molecule has 0 fully saturated rings. The van der Waals surface area contributed by atoms with Gasteiger partial charge in [-0.25, -0.2) is 4.79 Å². The van der Waals surface area contributed by atoms with Crippen molar-refractivity contribution in [2.75, 3.05) is 0 Å². The highest BCUT2D eigenvalue weighted by atomic mass is 35.5. The first-order chi connectivity index (χ1) is 6.70. The maximum atomic E-state index is 10.8. The Bertz CT molecular complexity index is 510. The van der Waals surface area contributed by atoms with Gasteiger partial charge in [-0.1, -0.05) is 23.7 Å². The van der Waals surface area contributed by atoms with E-state index in [0.717, 1.165) is 0 Å². The van der Waals surface area contributed by atoms with E-state index in [0.29, 0.717) is 15.9 Å². The molecule has 3 nitrogen and oxygen atoms in total. The number of rotatable bonds is 1. The van der Waals surface area contributed by atoms with Crippen LogP contribution in [0.3, 0.4) is 0 Å². The topological polar surface area (TPSA) is 50.2 Å². The summed E-state index contributed by atoms with van der Waals surface area (Å²) in [6, 6.07) is 6.54. The van der Waals surface area contributed by atoms with E-state index in [1.807, 2.05) is 0 Å². The highest BCUT2D eigenvalue weighted by Crippen LogP contribution is 2.23. The summed E-state index contributed by atoms with van der Waals surface area (Å²) in [5.74, 6) is -0.995. The van der Waals surface area contributed by atoms with Gasteiger partial charge in [-0.2, -0.15) is 0 Å². The van der Waals surface area contributed by atoms with E-state index in [9.17, 15) is 4.79 Å². The minimum atomic E-state index is -0.995. The molecule has 1 aromatic heterocycles. The van der Waals surface area contributed by atoms with Crippen LogP contribution < -0.4 is 0 Å². The van der Waals surface area contributed by atoms with Gasteiger partial charge in [0.05, 0.1) is 16.1 Å². The molecule has 0 unspecified atom stereocenters. The number of benzene rings is 1. The van der Waals surface area contributed by atoms with Crippen molar-refractivity contribution in [1.29, 1.82) is 0 Å². The summed E-state index contributed by atoms with van der Waals surface area (Å²) in [5, 5.41) is 10.1. The summed E-state index contributed by atoms with van der Waals surface area (Å²) in [6.07, 6.45) is 1.50. The zero-order chi connectivity index (χ0) is 10.1. The second-order valence-corrected chi connectivity index (χ2v) is 3.21. The van der Waals surface area contributed by atoms with Crippen LogP contribution in [-0.2, 0) is 0 Å². The number of aromatic nitrogens is 1. The summed E-state index contributed by atoms with van der Waals surface area (Å²) in [7, 11) is 0. The van der Waals surface area contributed by atoms with E-state index in [1.165, 1.54) is 12.3 Å². The van der Waals surface area contributed by atoms with Crippen LogP contribution in [0.4, 0.5) is 0 Å². The van der Waals surface area contributed by atoms with Crippen molar-refractivity contribution < 1.29 is 9.90 Å². The molecule has 0 saturated heterocycles. The molecular formula is C10H6ClNO2. The Hall–Kier alpha value is -1.61. The highest BCUT2D eigenvalue weighted by Gasteiger charge is 2.09. The predicted octanol–water partition coefficient (Wildman–Crippen LogP) is 2.59. The van der Waals surface area contributed by atoms with Crippen LogP contribution in [0.1, 0.15) is 10.4 Å². The van der Waals surface area contributed by atoms with Gasteiger partial charge >= 0.3 is 5.97 Å². The smallest absolute Gasteiger partial charge is 0.337 e. The third kappa shape index (κ3) is 1.32. The van der Waals surface area contributed by atoms with E-state index in [4.69, 9.17) is 16.7 Å². The van der Waals surface area contributed by atoms with Crippen LogP contribution in [0.2, 0.25) is 5.02 Å². The predicted molar refractivity (Wildman–Crippen MR) is 53.7 cm³/mol. The summed E-state index contributed by atoms with van der Waals surface area (Å²) in [4.78, 5) is 14.8. The van der Waals surface area contributed by atoms with Gasteiger partial charge in [-0.05, 0) is 12.1 Å². The number of hydrogen-bond acceptors (Lipinski definition) is 2. The molecule has 0 bridgehead atoms. The average Bonchev–Trinajstić information content (AvgIpc) is 2.17. The Balaban J connectivity index is 2.88. The van der Waals surface area contributed by atoms with Crippen molar-refractivity contribution in [2.24, 2.45) is 0 Å². The van der Waals surface area contributed by atoms with Crippen molar-refractivity contribution in [2.45, 2.75) is 0 Å². The first-order valence-electron chi connectivity index (χ1n) is 3.96. The summed E-state index contributed by atoms with van der Waals surface area (Å²) in [5.41, 5.74) is 0.595. The van der Waals surface area contributed by atoms with Crippen LogP contribution in [0.5, 0.6) is 0 Å². The number of aromatic carboxylic acids is 1. The Morgan fingerprint density at radius 2 is 2.14 bits per heavy atom. The molecule has 4 heteroatoms. The van der Waals surface area contributed by atoms with Crippen molar-refractivity contribution in [3.63, 3.8) is 0 Å². The Morgan fingerprint density at radius 1 is 1.36 bits per heavy atom. The van der Waals surface area contributed by atoms with Gasteiger partial charge in [0.15, 0.2) is 0 Å². The van der Waals surface area contributed by atoms with E-state index in [-0.39, 0.29) is 5.56 Å². The van der Waals surface area contributed by atoms with Crippen LogP contribution in [0.15, 0.2) is 30.5 Å². The second-order valence-electron chi connectivity index (χ2n) is 2.80. The Morgan fingerprint density at radius 3 is 2.86 bits per heavy atom. The third-order valence-electron chi connectivity index (χ3n) is 1.95. The molecule has 0 radical (unpaired) electrons. The maximum absolute atomic E-state index is 10.8. The number of nitrogens with zero attached hydrogens (tertiary/aromatic N) is 1. The number of carboxylic acids is 1. The highest BCUT2D eigenvalue weighted by molar-refractivity contribution is 6.35. The molecule has 0 atom stereocenters. The molecule has 1 heterocycles. The first kappa shape index (κ1) is 8.97. The van der Waals surface area contributed by atoms with E-state index in [1.54, 1.807) is 18.2 Å². The lowest BCUT2D eigenvalue weighted by atomic mass is 10.1. The zero-order valence-corrected chi connectivity index (χ0v) is 7.82. The van der Waals surface area contributed by atoms with Gasteiger partial charge in [-0.3, -0.25) is 4.98 Å². The van der Waals surface area contributed by atoms with Crippen LogP contribution >= 0.6 is 11.6 Å². The molecule has 70 valence electrons. The molecule has 0 aliphatic rings. The lowest BCUT2D eigenvalue weighted by Crippen LogP contribution is -1.98. The minimum absolute atomic E-state index is 0.171. The monoisotopic (exact) mass is 207 g/mol. The minimum Gasteiger partial charge on any atom is -0.478 e. The average molecular weight is 208 g/mol. The third-order valence-corrected chi connectivity index (χ3v) is 2.28.